The fourth-order valence-corrected chi connectivity index (χ4v) is 3.88. The molecule has 0 atom stereocenters. The molecule has 4 rings (SSSR count). The first-order chi connectivity index (χ1) is 15.4. The van der Waals surface area contributed by atoms with Gasteiger partial charge in [-0.2, -0.15) is 0 Å². The number of nitrogens with one attached hydrogen (secondary N) is 1. The van der Waals surface area contributed by atoms with Gasteiger partial charge in [-0.25, -0.2) is 19.3 Å². The van der Waals surface area contributed by atoms with E-state index in [1.165, 1.54) is 29.1 Å². The van der Waals surface area contributed by atoms with Crippen molar-refractivity contribution in [1.29, 1.82) is 0 Å². The molecule has 0 aliphatic carbocycles. The van der Waals surface area contributed by atoms with E-state index in [2.05, 4.69) is 20.3 Å². The summed E-state index contributed by atoms with van der Waals surface area (Å²) in [5.41, 5.74) is 3.63. The molecule has 1 N–H and O–H groups in total. The van der Waals surface area contributed by atoms with Crippen LogP contribution in [0.25, 0.3) is 11.2 Å². The zero-order valence-electron chi connectivity index (χ0n) is 17.5. The summed E-state index contributed by atoms with van der Waals surface area (Å²) in [5, 5.41) is 3.20. The number of anilines is 1. The van der Waals surface area contributed by atoms with Crippen LogP contribution in [0.2, 0.25) is 0 Å². The summed E-state index contributed by atoms with van der Waals surface area (Å²) in [6.45, 7) is 4.15. The van der Waals surface area contributed by atoms with Crippen molar-refractivity contribution in [3.63, 3.8) is 0 Å². The molecule has 0 saturated heterocycles. The first-order valence-electron chi connectivity index (χ1n) is 9.86. The van der Waals surface area contributed by atoms with Gasteiger partial charge >= 0.3 is 0 Å². The number of aryl methyl sites for hydroxylation is 2. The number of thioether (sulfide) groups is 1. The predicted octanol–water partition coefficient (Wildman–Crippen LogP) is 3.72. The Hall–Kier alpha value is -3.59. The molecular weight excluding hydrogens is 429 g/mol. The molecule has 162 valence electrons. The summed E-state index contributed by atoms with van der Waals surface area (Å²) in [6, 6.07) is 11.6. The number of fused-ring (bicyclic) bond motifs is 1. The summed E-state index contributed by atoms with van der Waals surface area (Å²) < 4.78 is 14.7. The van der Waals surface area contributed by atoms with E-state index in [0.29, 0.717) is 10.8 Å². The van der Waals surface area contributed by atoms with Crippen LogP contribution in [-0.2, 0) is 11.3 Å². The highest BCUT2D eigenvalue weighted by Gasteiger charge is 2.15. The third-order valence-corrected chi connectivity index (χ3v) is 5.91. The first kappa shape index (κ1) is 21.6. The van der Waals surface area contributed by atoms with Gasteiger partial charge in [0.15, 0.2) is 16.3 Å². The third-order valence-electron chi connectivity index (χ3n) is 4.94. The predicted molar refractivity (Wildman–Crippen MR) is 122 cm³/mol. The van der Waals surface area contributed by atoms with E-state index in [4.69, 9.17) is 0 Å². The highest BCUT2D eigenvalue weighted by molar-refractivity contribution is 7.99. The normalized spacial score (nSPS) is 11.0. The summed E-state index contributed by atoms with van der Waals surface area (Å²) in [6.07, 6.45) is 2.89. The van der Waals surface area contributed by atoms with Crippen molar-refractivity contribution >= 4 is 34.5 Å². The molecule has 2 aromatic heterocycles. The number of carbonyl (C=O) groups is 1. The highest BCUT2D eigenvalue weighted by Crippen LogP contribution is 2.19. The number of amides is 1. The van der Waals surface area contributed by atoms with Gasteiger partial charge in [0, 0.05) is 18.1 Å². The molecule has 0 spiro atoms. The lowest BCUT2D eigenvalue weighted by Gasteiger charge is -2.13. The van der Waals surface area contributed by atoms with E-state index in [-0.39, 0.29) is 40.7 Å². The Bertz CT molecular complexity index is 1360. The Morgan fingerprint density at radius 2 is 1.81 bits per heavy atom. The van der Waals surface area contributed by atoms with E-state index in [1.807, 2.05) is 32.0 Å². The minimum Gasteiger partial charge on any atom is -0.325 e. The van der Waals surface area contributed by atoms with Gasteiger partial charge in [-0.15, -0.1) is 0 Å². The lowest BCUT2D eigenvalue weighted by Crippen LogP contribution is -2.25. The van der Waals surface area contributed by atoms with Crippen molar-refractivity contribution < 1.29 is 9.18 Å². The molecule has 0 aliphatic heterocycles. The average Bonchev–Trinajstić information content (AvgIpc) is 2.78. The van der Waals surface area contributed by atoms with Gasteiger partial charge in [0.05, 0.1) is 12.3 Å². The molecular formula is C23H20FN5O2S. The van der Waals surface area contributed by atoms with Crippen LogP contribution in [0.15, 0.2) is 64.8 Å². The minimum absolute atomic E-state index is 0.0501. The molecule has 0 saturated carbocycles. The van der Waals surface area contributed by atoms with E-state index in [0.717, 1.165) is 28.5 Å². The fourth-order valence-electron chi connectivity index (χ4n) is 3.10. The zero-order valence-corrected chi connectivity index (χ0v) is 18.3. The minimum atomic E-state index is -0.371. The summed E-state index contributed by atoms with van der Waals surface area (Å²) in [7, 11) is 0. The molecule has 2 heterocycles. The fraction of sp³-hybridized carbons (Fsp3) is 0.174. The maximum Gasteiger partial charge on any atom is 0.282 e. The summed E-state index contributed by atoms with van der Waals surface area (Å²) in [5.74, 6) is -0.532. The number of carbonyl (C=O) groups excluding carboxylic acids is 1. The molecule has 9 heteroatoms. The van der Waals surface area contributed by atoms with Crippen molar-refractivity contribution in [2.24, 2.45) is 0 Å². The van der Waals surface area contributed by atoms with Crippen LogP contribution < -0.4 is 10.9 Å². The molecule has 0 unspecified atom stereocenters. The largest absolute Gasteiger partial charge is 0.325 e. The summed E-state index contributed by atoms with van der Waals surface area (Å²) >= 11 is 1.13. The molecule has 0 radical (unpaired) electrons. The van der Waals surface area contributed by atoms with Gasteiger partial charge in [-0.05, 0) is 54.8 Å². The number of nitrogens with zero attached hydrogens (tertiary/aromatic N) is 4. The smallest absolute Gasteiger partial charge is 0.282 e. The number of aromatic nitrogens is 4. The van der Waals surface area contributed by atoms with Crippen LogP contribution in [0.4, 0.5) is 10.1 Å². The molecule has 0 fully saturated rings. The van der Waals surface area contributed by atoms with Crippen molar-refractivity contribution in [2.75, 3.05) is 11.1 Å². The van der Waals surface area contributed by atoms with Crippen molar-refractivity contribution in [1.82, 2.24) is 19.5 Å². The van der Waals surface area contributed by atoms with Gasteiger partial charge in [-0.3, -0.25) is 14.2 Å². The second-order valence-electron chi connectivity index (χ2n) is 7.28. The first-order valence-corrected chi connectivity index (χ1v) is 10.8. The van der Waals surface area contributed by atoms with Gasteiger partial charge in [-0.1, -0.05) is 30.0 Å². The lowest BCUT2D eigenvalue weighted by atomic mass is 10.1. The molecule has 2 aromatic carbocycles. The Balaban J connectivity index is 1.60. The van der Waals surface area contributed by atoms with E-state index in [1.54, 1.807) is 12.1 Å². The maximum atomic E-state index is 13.3. The molecule has 4 aromatic rings. The highest BCUT2D eigenvalue weighted by atomic mass is 32.2. The van der Waals surface area contributed by atoms with Gasteiger partial charge in [0.1, 0.15) is 5.82 Å². The molecule has 7 nitrogen and oxygen atoms in total. The number of hydrogen-bond acceptors (Lipinski definition) is 6. The lowest BCUT2D eigenvalue weighted by molar-refractivity contribution is -0.113. The monoisotopic (exact) mass is 449 g/mol. The zero-order chi connectivity index (χ0) is 22.7. The number of halogens is 1. The third kappa shape index (κ3) is 4.83. The van der Waals surface area contributed by atoms with E-state index in [9.17, 15) is 14.0 Å². The van der Waals surface area contributed by atoms with Crippen LogP contribution in [0.3, 0.4) is 0 Å². The standard InChI is InChI=1S/C23H20FN5O2S/c1-14-3-8-18(11-15(14)2)27-19(30)13-32-23-28-21-20(25-9-10-26-21)22(31)29(23)12-16-4-6-17(24)7-5-16/h3-11H,12-13H2,1-2H3,(H,27,30). The number of hydrogen-bond donors (Lipinski definition) is 1. The Labute approximate surface area is 187 Å². The number of rotatable bonds is 6. The van der Waals surface area contributed by atoms with E-state index >= 15 is 0 Å². The topological polar surface area (TPSA) is 89.8 Å². The molecule has 0 bridgehead atoms. The van der Waals surface area contributed by atoms with Crippen molar-refractivity contribution in [3.05, 3.63) is 87.7 Å². The SMILES string of the molecule is Cc1ccc(NC(=O)CSc2nc3nccnc3c(=O)n2Cc2ccc(F)cc2)cc1C. The van der Waals surface area contributed by atoms with Crippen LogP contribution in [-0.4, -0.2) is 31.2 Å². The van der Waals surface area contributed by atoms with E-state index < -0.39 is 0 Å². The van der Waals surface area contributed by atoms with Crippen LogP contribution in [0.5, 0.6) is 0 Å². The Kier molecular flexibility index (Phi) is 6.27. The van der Waals surface area contributed by atoms with Crippen LogP contribution >= 0.6 is 11.8 Å². The van der Waals surface area contributed by atoms with Crippen LogP contribution in [0.1, 0.15) is 16.7 Å². The van der Waals surface area contributed by atoms with Gasteiger partial charge in [0.2, 0.25) is 5.91 Å². The summed E-state index contributed by atoms with van der Waals surface area (Å²) in [4.78, 5) is 38.3. The molecule has 32 heavy (non-hydrogen) atoms. The Morgan fingerprint density at radius 3 is 2.56 bits per heavy atom. The number of benzene rings is 2. The second kappa shape index (κ2) is 9.27. The Morgan fingerprint density at radius 1 is 1.06 bits per heavy atom. The molecule has 0 aliphatic rings. The van der Waals surface area contributed by atoms with Gasteiger partial charge < -0.3 is 5.32 Å². The van der Waals surface area contributed by atoms with Crippen molar-refractivity contribution in [2.45, 2.75) is 25.5 Å². The van der Waals surface area contributed by atoms with Crippen molar-refractivity contribution in [3.8, 4) is 0 Å². The maximum absolute atomic E-state index is 13.3. The average molecular weight is 450 g/mol. The van der Waals surface area contributed by atoms with Gasteiger partial charge in [0.25, 0.3) is 5.56 Å². The van der Waals surface area contributed by atoms with Crippen LogP contribution in [0, 0.1) is 19.7 Å². The quantitative estimate of drug-likeness (QED) is 0.356. The molecule has 1 amide bonds. The second-order valence-corrected chi connectivity index (χ2v) is 8.22.